The topological polar surface area (TPSA) is 85.8 Å². The van der Waals surface area contributed by atoms with Crippen LogP contribution in [0.4, 0.5) is 13.2 Å². The molecule has 0 aliphatic carbocycles. The summed E-state index contributed by atoms with van der Waals surface area (Å²) in [7, 11) is 0. The minimum absolute atomic E-state index is 0.128. The molecule has 0 aliphatic rings. The normalized spacial score (nSPS) is 12.6. The van der Waals surface area contributed by atoms with Crippen molar-refractivity contribution in [1.82, 2.24) is 25.2 Å². The minimum Gasteiger partial charge on any atom is -0.348 e. The second kappa shape index (κ2) is 8.34. The summed E-state index contributed by atoms with van der Waals surface area (Å²) >= 11 is 1.22. The van der Waals surface area contributed by atoms with Crippen LogP contribution in [0.1, 0.15) is 39.7 Å². The molecule has 1 N–H and O–H groups in total. The summed E-state index contributed by atoms with van der Waals surface area (Å²) in [5.74, 6) is -1.76. The monoisotopic (exact) mass is 447 g/mol. The van der Waals surface area contributed by atoms with E-state index in [1.807, 2.05) is 37.3 Å². The third kappa shape index (κ3) is 4.66. The van der Waals surface area contributed by atoms with E-state index in [9.17, 15) is 18.0 Å². The van der Waals surface area contributed by atoms with Crippen molar-refractivity contribution in [2.24, 2.45) is 0 Å². The molecular weight excluding hydrogens is 431 g/mol. The Balaban J connectivity index is 1.43. The van der Waals surface area contributed by atoms with Gasteiger partial charge >= 0.3 is 12.1 Å². The summed E-state index contributed by atoms with van der Waals surface area (Å²) in [6.07, 6.45) is -1.59. The molecule has 4 aromatic rings. The number of alkyl halides is 3. The number of hydrogen-bond donors (Lipinski definition) is 1. The van der Waals surface area contributed by atoms with E-state index in [4.69, 9.17) is 0 Å². The Kier molecular flexibility index (Phi) is 5.59. The first-order valence-electron chi connectivity index (χ1n) is 9.18. The lowest BCUT2D eigenvalue weighted by molar-refractivity contribution is -0.159. The fraction of sp³-hybridized carbons (Fsp3) is 0.200. The van der Waals surface area contributed by atoms with Gasteiger partial charge in [-0.15, -0.1) is 11.3 Å². The zero-order valence-corrected chi connectivity index (χ0v) is 16.9. The largest absolute Gasteiger partial charge is 0.471 e. The summed E-state index contributed by atoms with van der Waals surface area (Å²) in [6.45, 7) is 2.27. The van der Waals surface area contributed by atoms with Gasteiger partial charge in [0.25, 0.3) is 5.91 Å². The molecule has 0 saturated carbocycles. The molecule has 0 bridgehead atoms. The van der Waals surface area contributed by atoms with E-state index < -0.39 is 12.1 Å². The molecule has 31 heavy (non-hydrogen) atoms. The molecule has 0 spiro atoms. The summed E-state index contributed by atoms with van der Waals surface area (Å²) in [5, 5.41) is 10.5. The Morgan fingerprint density at radius 2 is 2.00 bits per heavy atom. The van der Waals surface area contributed by atoms with Crippen LogP contribution in [0.3, 0.4) is 0 Å². The highest BCUT2D eigenvalue weighted by molar-refractivity contribution is 7.15. The molecule has 160 valence electrons. The molecule has 0 radical (unpaired) electrons. The van der Waals surface area contributed by atoms with Gasteiger partial charge in [-0.05, 0) is 24.6 Å². The highest BCUT2D eigenvalue weighted by Crippen LogP contribution is 2.34. The standard InChI is InChI=1S/C20H16F3N5O2S/c1-12(15-7-8-16(31-15)17-26-19(30-27-17)20(21,22)23)28-11-14(10-25-28)18(29)24-9-13-5-3-2-4-6-13/h2-8,10-12H,9H2,1H3,(H,24,29). The van der Waals surface area contributed by atoms with Gasteiger partial charge < -0.3 is 9.84 Å². The highest BCUT2D eigenvalue weighted by Gasteiger charge is 2.38. The van der Waals surface area contributed by atoms with Gasteiger partial charge in [0.15, 0.2) is 0 Å². The average molecular weight is 447 g/mol. The maximum Gasteiger partial charge on any atom is 0.471 e. The lowest BCUT2D eigenvalue weighted by Crippen LogP contribution is -2.22. The Morgan fingerprint density at radius 1 is 1.23 bits per heavy atom. The Labute approximate surface area is 178 Å². The lowest BCUT2D eigenvalue weighted by atomic mass is 10.2. The minimum atomic E-state index is -4.69. The number of carbonyl (C=O) groups excluding carboxylic acids is 1. The van der Waals surface area contributed by atoms with Crippen LogP contribution < -0.4 is 5.32 Å². The van der Waals surface area contributed by atoms with Crippen LogP contribution in [-0.4, -0.2) is 25.8 Å². The third-order valence-electron chi connectivity index (χ3n) is 4.48. The van der Waals surface area contributed by atoms with Crippen molar-refractivity contribution in [3.63, 3.8) is 0 Å². The molecule has 3 heterocycles. The van der Waals surface area contributed by atoms with Crippen molar-refractivity contribution in [3.05, 3.63) is 76.8 Å². The number of amides is 1. The van der Waals surface area contributed by atoms with E-state index in [0.29, 0.717) is 17.0 Å². The fourth-order valence-electron chi connectivity index (χ4n) is 2.81. The number of nitrogens with zero attached hydrogens (tertiary/aromatic N) is 4. The number of rotatable bonds is 6. The van der Waals surface area contributed by atoms with Crippen LogP contribution >= 0.6 is 11.3 Å². The van der Waals surface area contributed by atoms with Crippen molar-refractivity contribution >= 4 is 17.2 Å². The Hall–Kier alpha value is -3.47. The predicted octanol–water partition coefficient (Wildman–Crippen LogP) is 4.55. The van der Waals surface area contributed by atoms with Gasteiger partial charge in [0, 0.05) is 17.6 Å². The molecule has 0 fully saturated rings. The molecule has 1 atom stereocenters. The number of halogens is 3. The van der Waals surface area contributed by atoms with Gasteiger partial charge in [0.1, 0.15) is 0 Å². The van der Waals surface area contributed by atoms with Crippen LogP contribution in [0.15, 0.2) is 59.4 Å². The number of hydrogen-bond acceptors (Lipinski definition) is 6. The van der Waals surface area contributed by atoms with Gasteiger partial charge in [-0.2, -0.15) is 23.3 Å². The number of thiophene rings is 1. The summed E-state index contributed by atoms with van der Waals surface area (Å²) in [4.78, 5) is 17.0. The highest BCUT2D eigenvalue weighted by atomic mass is 32.1. The zero-order valence-electron chi connectivity index (χ0n) is 16.1. The van der Waals surface area contributed by atoms with Crippen LogP contribution in [0.25, 0.3) is 10.7 Å². The van der Waals surface area contributed by atoms with E-state index in [1.54, 1.807) is 23.0 Å². The second-order valence-electron chi connectivity index (χ2n) is 6.68. The van der Waals surface area contributed by atoms with Crippen molar-refractivity contribution in [1.29, 1.82) is 0 Å². The molecular formula is C20H16F3N5O2S. The molecule has 11 heteroatoms. The molecule has 0 saturated heterocycles. The predicted molar refractivity (Wildman–Crippen MR) is 106 cm³/mol. The van der Waals surface area contributed by atoms with Crippen LogP contribution in [0.2, 0.25) is 0 Å². The summed E-state index contributed by atoms with van der Waals surface area (Å²) in [5.41, 5.74) is 1.39. The number of nitrogens with one attached hydrogen (secondary N) is 1. The molecule has 0 aliphatic heterocycles. The van der Waals surface area contributed by atoms with Gasteiger partial charge in [-0.3, -0.25) is 9.48 Å². The maximum atomic E-state index is 12.7. The first-order chi connectivity index (χ1) is 14.8. The van der Waals surface area contributed by atoms with E-state index in [1.165, 1.54) is 17.5 Å². The number of carbonyl (C=O) groups is 1. The van der Waals surface area contributed by atoms with Gasteiger partial charge in [0.05, 0.1) is 22.7 Å². The first kappa shape index (κ1) is 20.8. The van der Waals surface area contributed by atoms with Crippen LogP contribution in [0, 0.1) is 0 Å². The summed E-state index contributed by atoms with van der Waals surface area (Å²) in [6, 6.07) is 12.7. The van der Waals surface area contributed by atoms with Crippen LogP contribution in [-0.2, 0) is 12.7 Å². The maximum absolute atomic E-state index is 12.7. The zero-order chi connectivity index (χ0) is 22.0. The second-order valence-corrected chi connectivity index (χ2v) is 7.79. The average Bonchev–Trinajstić information content (AvgIpc) is 3.51. The number of benzene rings is 1. The molecule has 7 nitrogen and oxygen atoms in total. The van der Waals surface area contributed by atoms with E-state index in [-0.39, 0.29) is 17.8 Å². The molecule has 1 aromatic carbocycles. The van der Waals surface area contributed by atoms with Crippen molar-refractivity contribution < 1.29 is 22.5 Å². The van der Waals surface area contributed by atoms with E-state index in [0.717, 1.165) is 10.4 Å². The number of aromatic nitrogens is 4. The SMILES string of the molecule is CC(c1ccc(-c2noc(C(F)(F)F)n2)s1)n1cc(C(=O)NCc2ccccc2)cn1. The van der Waals surface area contributed by atoms with E-state index >= 15 is 0 Å². The van der Waals surface area contributed by atoms with Crippen molar-refractivity contribution in [2.45, 2.75) is 25.7 Å². The van der Waals surface area contributed by atoms with Crippen molar-refractivity contribution in [2.75, 3.05) is 0 Å². The third-order valence-corrected chi connectivity index (χ3v) is 5.74. The first-order valence-corrected chi connectivity index (χ1v) is 10.00. The lowest BCUT2D eigenvalue weighted by Gasteiger charge is -2.09. The molecule has 4 rings (SSSR count). The quantitative estimate of drug-likeness (QED) is 0.469. The van der Waals surface area contributed by atoms with Crippen molar-refractivity contribution in [3.8, 4) is 10.7 Å². The van der Waals surface area contributed by atoms with Gasteiger partial charge in [-0.1, -0.05) is 35.5 Å². The van der Waals surface area contributed by atoms with E-state index in [2.05, 4.69) is 25.1 Å². The van der Waals surface area contributed by atoms with Gasteiger partial charge in [-0.25, -0.2) is 0 Å². The van der Waals surface area contributed by atoms with Gasteiger partial charge in [0.2, 0.25) is 5.82 Å². The molecule has 1 unspecified atom stereocenters. The summed E-state index contributed by atoms with van der Waals surface area (Å²) < 4.78 is 43.9. The molecule has 3 aromatic heterocycles. The Bertz CT molecular complexity index is 1180. The fourth-order valence-corrected chi connectivity index (χ4v) is 3.79. The smallest absolute Gasteiger partial charge is 0.348 e. The molecule has 1 amide bonds. The Morgan fingerprint density at radius 3 is 2.71 bits per heavy atom. The van der Waals surface area contributed by atoms with Crippen LogP contribution in [0.5, 0.6) is 0 Å².